The van der Waals surface area contributed by atoms with Gasteiger partial charge in [-0.15, -0.1) is 0 Å². The van der Waals surface area contributed by atoms with Gasteiger partial charge < -0.3 is 4.74 Å². The predicted octanol–water partition coefficient (Wildman–Crippen LogP) is 5.47. The largest absolute Gasteiger partial charge is 0.496 e. The van der Waals surface area contributed by atoms with Gasteiger partial charge in [-0.2, -0.15) is 0 Å². The molecule has 5 heteroatoms. The number of thioether (sulfide) groups is 1. The first-order valence-corrected chi connectivity index (χ1v) is 10.3. The summed E-state index contributed by atoms with van der Waals surface area (Å²) in [6, 6.07) is 11.9. The topological polar surface area (TPSA) is 46.6 Å². The van der Waals surface area contributed by atoms with Gasteiger partial charge in [0, 0.05) is 12.1 Å². The maximum absolute atomic E-state index is 12.9. The second-order valence-electron chi connectivity index (χ2n) is 7.20. The third kappa shape index (κ3) is 3.61. The molecule has 0 bridgehead atoms. The number of imide groups is 1. The lowest BCUT2D eigenvalue weighted by Gasteiger charge is -2.25. The molecular formula is C22H23NO3S. The van der Waals surface area contributed by atoms with Crippen LogP contribution in [0.3, 0.4) is 0 Å². The Hall–Kier alpha value is -2.27. The van der Waals surface area contributed by atoms with E-state index in [0.717, 1.165) is 40.9 Å². The predicted molar refractivity (Wildman–Crippen MR) is 110 cm³/mol. The van der Waals surface area contributed by atoms with Gasteiger partial charge in [0.2, 0.25) is 0 Å². The zero-order valence-corrected chi connectivity index (χ0v) is 16.3. The van der Waals surface area contributed by atoms with Gasteiger partial charge in [0.25, 0.3) is 11.1 Å². The Morgan fingerprint density at radius 3 is 2.67 bits per heavy atom. The van der Waals surface area contributed by atoms with Crippen molar-refractivity contribution in [3.05, 3.63) is 46.9 Å². The second-order valence-corrected chi connectivity index (χ2v) is 8.19. The maximum Gasteiger partial charge on any atom is 0.293 e. The number of carbonyl (C=O) groups is 2. The molecule has 2 aromatic rings. The van der Waals surface area contributed by atoms with Gasteiger partial charge in [-0.3, -0.25) is 14.5 Å². The Balaban J connectivity index is 1.65. The van der Waals surface area contributed by atoms with Crippen LogP contribution in [0.1, 0.15) is 37.7 Å². The number of hydrogen-bond donors (Lipinski definition) is 0. The van der Waals surface area contributed by atoms with Crippen LogP contribution < -0.4 is 4.74 Å². The molecule has 0 radical (unpaired) electrons. The van der Waals surface area contributed by atoms with Crippen LogP contribution in [-0.4, -0.2) is 29.7 Å². The smallest absolute Gasteiger partial charge is 0.293 e. The van der Waals surface area contributed by atoms with Crippen molar-refractivity contribution in [1.29, 1.82) is 0 Å². The number of rotatable bonds is 4. The van der Waals surface area contributed by atoms with Crippen molar-refractivity contribution in [1.82, 2.24) is 4.90 Å². The standard InChI is InChI=1S/C22H23NO3S/c1-26-19-12-11-16-9-5-6-10-17(16)18(19)13-20-21(24)23(22(25)27-20)14-15-7-3-2-4-8-15/h5-6,9-13,15H,2-4,7-8,14H2,1H3/b20-13-. The van der Waals surface area contributed by atoms with Crippen LogP contribution >= 0.6 is 11.8 Å². The fourth-order valence-electron chi connectivity index (χ4n) is 4.02. The van der Waals surface area contributed by atoms with Gasteiger partial charge in [-0.05, 0) is 53.4 Å². The molecule has 0 spiro atoms. The van der Waals surface area contributed by atoms with Crippen molar-refractivity contribution in [2.75, 3.05) is 13.7 Å². The highest BCUT2D eigenvalue weighted by molar-refractivity contribution is 8.18. The van der Waals surface area contributed by atoms with E-state index < -0.39 is 0 Å². The summed E-state index contributed by atoms with van der Waals surface area (Å²) in [6.07, 6.45) is 7.69. The zero-order valence-electron chi connectivity index (χ0n) is 15.4. The van der Waals surface area contributed by atoms with Crippen molar-refractivity contribution in [3.8, 4) is 5.75 Å². The molecule has 1 heterocycles. The SMILES string of the molecule is COc1ccc2ccccc2c1/C=C1\SC(=O)N(CC2CCCCC2)C1=O. The third-order valence-corrected chi connectivity index (χ3v) is 6.37. The average molecular weight is 381 g/mol. The van der Waals surface area contributed by atoms with Crippen LogP contribution in [0.25, 0.3) is 16.8 Å². The normalized spacial score (nSPS) is 20.0. The lowest BCUT2D eigenvalue weighted by Crippen LogP contribution is -2.34. The van der Waals surface area contributed by atoms with Gasteiger partial charge >= 0.3 is 0 Å². The molecule has 2 aliphatic rings. The van der Waals surface area contributed by atoms with Gasteiger partial charge in [0.05, 0.1) is 12.0 Å². The number of carbonyl (C=O) groups excluding carboxylic acids is 2. The molecule has 4 nitrogen and oxygen atoms in total. The molecule has 2 aromatic carbocycles. The van der Waals surface area contributed by atoms with Crippen molar-refractivity contribution < 1.29 is 14.3 Å². The van der Waals surface area contributed by atoms with Gasteiger partial charge in [0.1, 0.15) is 5.75 Å². The second kappa shape index (κ2) is 7.77. The number of fused-ring (bicyclic) bond motifs is 1. The van der Waals surface area contributed by atoms with Crippen LogP contribution in [0.4, 0.5) is 4.79 Å². The summed E-state index contributed by atoms with van der Waals surface area (Å²) in [6.45, 7) is 0.550. The number of ether oxygens (including phenoxy) is 1. The Kier molecular flexibility index (Phi) is 5.21. The fourth-order valence-corrected chi connectivity index (χ4v) is 4.85. The van der Waals surface area contributed by atoms with E-state index in [2.05, 4.69) is 0 Å². The van der Waals surface area contributed by atoms with Gasteiger partial charge in [-0.25, -0.2) is 0 Å². The molecule has 0 N–H and O–H groups in total. The Bertz CT molecular complexity index is 915. The molecular weight excluding hydrogens is 358 g/mol. The van der Waals surface area contributed by atoms with Crippen LogP contribution in [-0.2, 0) is 4.79 Å². The van der Waals surface area contributed by atoms with E-state index in [1.165, 1.54) is 24.2 Å². The summed E-state index contributed by atoms with van der Waals surface area (Å²) in [5.74, 6) is 0.969. The van der Waals surface area contributed by atoms with Gasteiger partial charge in [-0.1, -0.05) is 49.6 Å². The quantitative estimate of drug-likeness (QED) is 0.659. The molecule has 0 aromatic heterocycles. The summed E-state index contributed by atoms with van der Waals surface area (Å²) in [7, 11) is 1.62. The molecule has 140 valence electrons. The van der Waals surface area contributed by atoms with E-state index >= 15 is 0 Å². The van der Waals surface area contributed by atoms with Crippen molar-refractivity contribution in [2.45, 2.75) is 32.1 Å². The first kappa shape index (κ1) is 18.1. The Labute approximate surface area is 163 Å². The lowest BCUT2D eigenvalue weighted by molar-refractivity contribution is -0.123. The first-order valence-electron chi connectivity index (χ1n) is 9.48. The molecule has 1 aliphatic carbocycles. The minimum atomic E-state index is -0.175. The maximum atomic E-state index is 12.9. The zero-order chi connectivity index (χ0) is 18.8. The summed E-state index contributed by atoms with van der Waals surface area (Å²) >= 11 is 1.04. The molecule has 1 saturated heterocycles. The Morgan fingerprint density at radius 2 is 1.89 bits per heavy atom. The van der Waals surface area contributed by atoms with E-state index in [1.807, 2.05) is 42.5 Å². The van der Waals surface area contributed by atoms with Crippen LogP contribution in [0.2, 0.25) is 0 Å². The van der Waals surface area contributed by atoms with E-state index in [4.69, 9.17) is 4.74 Å². The summed E-state index contributed by atoms with van der Waals surface area (Å²) in [4.78, 5) is 27.3. The van der Waals surface area contributed by atoms with E-state index in [0.29, 0.717) is 23.1 Å². The fraction of sp³-hybridized carbons (Fsp3) is 0.364. The van der Waals surface area contributed by atoms with Crippen molar-refractivity contribution in [2.24, 2.45) is 5.92 Å². The molecule has 1 aliphatic heterocycles. The van der Waals surface area contributed by atoms with E-state index in [-0.39, 0.29) is 11.1 Å². The highest BCUT2D eigenvalue weighted by atomic mass is 32.2. The van der Waals surface area contributed by atoms with Crippen LogP contribution in [0.15, 0.2) is 41.3 Å². The van der Waals surface area contributed by atoms with Crippen molar-refractivity contribution >= 4 is 39.8 Å². The molecule has 2 amide bonds. The monoisotopic (exact) mass is 381 g/mol. The van der Waals surface area contributed by atoms with Crippen LogP contribution in [0, 0.1) is 5.92 Å². The number of amides is 2. The minimum Gasteiger partial charge on any atom is -0.496 e. The van der Waals surface area contributed by atoms with Gasteiger partial charge in [0.15, 0.2) is 0 Å². The summed E-state index contributed by atoms with van der Waals surface area (Å²) < 4.78 is 5.51. The molecule has 2 fully saturated rings. The highest BCUT2D eigenvalue weighted by Crippen LogP contribution is 2.38. The first-order chi connectivity index (χ1) is 13.2. The molecule has 0 unspecified atom stereocenters. The molecule has 4 rings (SSSR count). The van der Waals surface area contributed by atoms with E-state index in [9.17, 15) is 9.59 Å². The Morgan fingerprint density at radius 1 is 1.11 bits per heavy atom. The lowest BCUT2D eigenvalue weighted by atomic mass is 9.89. The molecule has 0 atom stereocenters. The summed E-state index contributed by atoms with van der Waals surface area (Å²) in [5, 5.41) is 1.93. The highest BCUT2D eigenvalue weighted by Gasteiger charge is 2.36. The third-order valence-electron chi connectivity index (χ3n) is 5.47. The molecule has 27 heavy (non-hydrogen) atoms. The average Bonchev–Trinajstić information content (AvgIpc) is 2.96. The number of benzene rings is 2. The number of hydrogen-bond acceptors (Lipinski definition) is 4. The van der Waals surface area contributed by atoms with Crippen molar-refractivity contribution in [3.63, 3.8) is 0 Å². The summed E-state index contributed by atoms with van der Waals surface area (Å²) in [5.41, 5.74) is 0.846. The van der Waals surface area contributed by atoms with Crippen LogP contribution in [0.5, 0.6) is 5.75 Å². The number of methoxy groups -OCH3 is 1. The molecule has 1 saturated carbocycles. The van der Waals surface area contributed by atoms with E-state index in [1.54, 1.807) is 7.11 Å². The minimum absolute atomic E-state index is 0.156. The number of nitrogens with zero attached hydrogens (tertiary/aromatic N) is 1.